The zero-order valence-corrected chi connectivity index (χ0v) is 21.1. The van der Waals surface area contributed by atoms with Crippen molar-refractivity contribution in [3.05, 3.63) is 29.8 Å². The summed E-state index contributed by atoms with van der Waals surface area (Å²) in [5.41, 5.74) is -0.364. The van der Waals surface area contributed by atoms with E-state index < -0.39 is 61.0 Å². The number of benzene rings is 1. The highest BCUT2D eigenvalue weighted by Gasteiger charge is 2.51. The van der Waals surface area contributed by atoms with Crippen molar-refractivity contribution in [3.63, 3.8) is 0 Å². The summed E-state index contributed by atoms with van der Waals surface area (Å²) in [7, 11) is 0. The largest absolute Gasteiger partial charge is 0.471 e. The summed E-state index contributed by atoms with van der Waals surface area (Å²) >= 11 is 0. The summed E-state index contributed by atoms with van der Waals surface area (Å²) < 4.78 is 91.2. The first-order valence-electron chi connectivity index (χ1n) is 11.9. The molecule has 1 aromatic rings. The van der Waals surface area contributed by atoms with Crippen molar-refractivity contribution >= 4 is 23.5 Å². The molecule has 0 spiro atoms. The van der Waals surface area contributed by atoms with E-state index in [0.717, 1.165) is 0 Å². The Bertz CT molecular complexity index is 1020. The molecule has 1 atom stereocenters. The average molecular weight is 554 g/mol. The molecule has 0 bridgehead atoms. The summed E-state index contributed by atoms with van der Waals surface area (Å²) in [4.78, 5) is 39.3. The Morgan fingerprint density at radius 3 is 2.00 bits per heavy atom. The second-order valence-corrected chi connectivity index (χ2v) is 10.0. The number of hydrogen-bond acceptors (Lipinski definition) is 6. The number of halogens is 6. The van der Waals surface area contributed by atoms with Gasteiger partial charge in [-0.05, 0) is 57.9 Å². The minimum atomic E-state index is -5.30. The van der Waals surface area contributed by atoms with Gasteiger partial charge in [0, 0.05) is 38.0 Å². The molecular weight excluding hydrogens is 524 g/mol. The van der Waals surface area contributed by atoms with E-state index in [1.165, 1.54) is 29.2 Å². The minimum Gasteiger partial charge on any atom is -0.456 e. The van der Waals surface area contributed by atoms with Gasteiger partial charge in [-0.3, -0.25) is 9.59 Å². The van der Waals surface area contributed by atoms with E-state index in [4.69, 9.17) is 9.47 Å². The number of rotatable bonds is 4. The fourth-order valence-electron chi connectivity index (χ4n) is 4.45. The van der Waals surface area contributed by atoms with Gasteiger partial charge in [0.1, 0.15) is 11.8 Å². The van der Waals surface area contributed by atoms with Crippen LogP contribution in [0.25, 0.3) is 0 Å². The Morgan fingerprint density at radius 2 is 1.50 bits per heavy atom. The molecule has 1 aromatic carbocycles. The molecule has 2 amide bonds. The molecule has 212 valence electrons. The van der Waals surface area contributed by atoms with Gasteiger partial charge in [-0.2, -0.15) is 26.3 Å². The number of amides is 2. The molecule has 2 heterocycles. The Hall–Kier alpha value is -3.03. The number of hydrogen-bond donors (Lipinski definition) is 0. The van der Waals surface area contributed by atoms with Crippen molar-refractivity contribution in [1.82, 2.24) is 9.80 Å². The predicted molar refractivity (Wildman–Crippen MR) is 122 cm³/mol. The molecule has 38 heavy (non-hydrogen) atoms. The molecule has 3 rings (SSSR count). The van der Waals surface area contributed by atoms with Crippen molar-refractivity contribution in [2.75, 3.05) is 37.7 Å². The molecule has 14 heteroatoms. The third-order valence-electron chi connectivity index (χ3n) is 6.10. The maximum absolute atomic E-state index is 13.7. The molecular formula is C24H29F6N3O5. The highest BCUT2D eigenvalue weighted by molar-refractivity contribution is 5.90. The molecule has 1 unspecified atom stereocenters. The third-order valence-corrected chi connectivity index (χ3v) is 6.10. The molecule has 0 aliphatic carbocycles. The Morgan fingerprint density at radius 1 is 0.921 bits per heavy atom. The van der Waals surface area contributed by atoms with E-state index in [-0.39, 0.29) is 43.9 Å². The van der Waals surface area contributed by atoms with E-state index in [0.29, 0.717) is 9.80 Å². The number of anilines is 1. The van der Waals surface area contributed by atoms with Crippen molar-refractivity contribution in [1.29, 1.82) is 0 Å². The smallest absolute Gasteiger partial charge is 0.456 e. The first-order chi connectivity index (χ1) is 17.5. The zero-order chi connectivity index (χ0) is 28.5. The second-order valence-electron chi connectivity index (χ2n) is 10.0. The molecule has 0 radical (unpaired) electrons. The number of ether oxygens (including phenoxy) is 2. The summed E-state index contributed by atoms with van der Waals surface area (Å²) in [6.45, 7) is 3.62. The number of alkyl halides is 6. The van der Waals surface area contributed by atoms with Crippen LogP contribution < -0.4 is 4.90 Å². The van der Waals surface area contributed by atoms with Crippen LogP contribution in [0, 0.1) is 0 Å². The topological polar surface area (TPSA) is 79.4 Å². The molecule has 0 N–H and O–H groups in total. The lowest BCUT2D eigenvalue weighted by Crippen LogP contribution is -2.67. The highest BCUT2D eigenvalue weighted by Crippen LogP contribution is 2.32. The minimum absolute atomic E-state index is 0.0386. The van der Waals surface area contributed by atoms with E-state index in [9.17, 15) is 40.7 Å². The standard InChI is InChI=1S/C24H29F6N3O5/c1-22(2,3)38-19(34)15-4-6-16(7-5-15)32-11-10-31(20(35)23(25,26)27)14-18(32)33(21(36)24(28,29)30)17-8-12-37-13-9-17/h4-7,17-18H,8-14H2,1-3H3. The normalized spacial score (nSPS) is 19.8. The van der Waals surface area contributed by atoms with E-state index >= 15 is 0 Å². The molecule has 2 fully saturated rings. The Balaban J connectivity index is 2.00. The Labute approximate surface area is 215 Å². The number of esters is 1. The van der Waals surface area contributed by atoms with Crippen LogP contribution in [0.5, 0.6) is 0 Å². The molecule has 8 nitrogen and oxygen atoms in total. The SMILES string of the molecule is CC(C)(C)OC(=O)c1ccc(N2CCN(C(=O)C(F)(F)F)CC2N(C(=O)C(F)(F)F)C2CCOCC2)cc1. The molecule has 2 saturated heterocycles. The van der Waals surface area contributed by atoms with Gasteiger partial charge in [0.2, 0.25) is 0 Å². The van der Waals surface area contributed by atoms with Crippen LogP contribution in [-0.2, 0) is 19.1 Å². The number of piperazine rings is 1. The summed E-state index contributed by atoms with van der Waals surface area (Å²) in [5.74, 6) is -5.06. The third kappa shape index (κ3) is 7.08. The summed E-state index contributed by atoms with van der Waals surface area (Å²) in [6.07, 6.45) is -12.0. The predicted octanol–water partition coefficient (Wildman–Crippen LogP) is 3.75. The molecule has 2 aliphatic heterocycles. The highest BCUT2D eigenvalue weighted by atomic mass is 19.4. The van der Waals surface area contributed by atoms with Crippen molar-refractivity contribution < 1.29 is 50.2 Å². The monoisotopic (exact) mass is 553 g/mol. The van der Waals surface area contributed by atoms with Crippen LogP contribution in [0.15, 0.2) is 24.3 Å². The van der Waals surface area contributed by atoms with Crippen LogP contribution in [0.3, 0.4) is 0 Å². The van der Waals surface area contributed by atoms with Gasteiger partial charge in [-0.1, -0.05) is 0 Å². The van der Waals surface area contributed by atoms with E-state index in [1.807, 2.05) is 0 Å². The van der Waals surface area contributed by atoms with Crippen LogP contribution in [0.2, 0.25) is 0 Å². The fourth-order valence-corrected chi connectivity index (χ4v) is 4.45. The summed E-state index contributed by atoms with van der Waals surface area (Å²) in [6, 6.07) is 4.59. The van der Waals surface area contributed by atoms with Gasteiger partial charge in [0.05, 0.1) is 12.1 Å². The van der Waals surface area contributed by atoms with Crippen molar-refractivity contribution in [3.8, 4) is 0 Å². The first kappa shape index (κ1) is 29.5. The molecule has 2 aliphatic rings. The van der Waals surface area contributed by atoms with Gasteiger partial charge in [-0.15, -0.1) is 0 Å². The second kappa shape index (κ2) is 11.0. The lowest BCUT2D eigenvalue weighted by Gasteiger charge is -2.50. The van der Waals surface area contributed by atoms with Gasteiger partial charge in [-0.25, -0.2) is 4.79 Å². The van der Waals surface area contributed by atoms with Gasteiger partial charge >= 0.3 is 30.1 Å². The van der Waals surface area contributed by atoms with E-state index in [2.05, 4.69) is 0 Å². The van der Waals surface area contributed by atoms with Gasteiger partial charge < -0.3 is 24.2 Å². The van der Waals surface area contributed by atoms with Crippen LogP contribution in [0.4, 0.5) is 32.0 Å². The fraction of sp³-hybridized carbons (Fsp3) is 0.625. The van der Waals surface area contributed by atoms with Gasteiger partial charge in [0.15, 0.2) is 0 Å². The number of nitrogens with zero attached hydrogens (tertiary/aromatic N) is 3. The Kier molecular flexibility index (Phi) is 8.54. The number of carbonyl (C=O) groups excluding carboxylic acids is 3. The zero-order valence-electron chi connectivity index (χ0n) is 21.1. The maximum Gasteiger partial charge on any atom is 0.471 e. The average Bonchev–Trinajstić information content (AvgIpc) is 2.82. The van der Waals surface area contributed by atoms with Crippen molar-refractivity contribution in [2.24, 2.45) is 0 Å². The van der Waals surface area contributed by atoms with Crippen LogP contribution >= 0.6 is 0 Å². The lowest BCUT2D eigenvalue weighted by molar-refractivity contribution is -0.196. The van der Waals surface area contributed by atoms with Crippen LogP contribution in [-0.4, -0.2) is 90.6 Å². The summed E-state index contributed by atoms with van der Waals surface area (Å²) in [5, 5.41) is 0. The van der Waals surface area contributed by atoms with Crippen molar-refractivity contribution in [2.45, 2.75) is 63.8 Å². The molecule has 0 aromatic heterocycles. The maximum atomic E-state index is 13.7. The first-order valence-corrected chi connectivity index (χ1v) is 11.9. The quantitative estimate of drug-likeness (QED) is 0.418. The van der Waals surface area contributed by atoms with Crippen LogP contribution in [0.1, 0.15) is 44.0 Å². The molecule has 0 saturated carbocycles. The lowest BCUT2D eigenvalue weighted by atomic mass is 10.0. The van der Waals surface area contributed by atoms with E-state index in [1.54, 1.807) is 20.8 Å². The van der Waals surface area contributed by atoms with Gasteiger partial charge in [0.25, 0.3) is 0 Å². The number of carbonyl (C=O) groups is 3.